The van der Waals surface area contributed by atoms with Crippen molar-refractivity contribution in [2.75, 3.05) is 5.75 Å². The van der Waals surface area contributed by atoms with Crippen LogP contribution in [0.3, 0.4) is 0 Å². The van der Waals surface area contributed by atoms with Crippen molar-refractivity contribution in [1.82, 2.24) is 9.55 Å². The Morgan fingerprint density at radius 3 is 2.76 bits per heavy atom. The van der Waals surface area contributed by atoms with Gasteiger partial charge in [-0.25, -0.2) is 0 Å². The highest BCUT2D eigenvalue weighted by molar-refractivity contribution is 8.00. The van der Waals surface area contributed by atoms with Gasteiger partial charge in [-0.1, -0.05) is 20.8 Å². The summed E-state index contributed by atoms with van der Waals surface area (Å²) < 4.78 is 3.53. The summed E-state index contributed by atoms with van der Waals surface area (Å²) in [7, 11) is 0. The van der Waals surface area contributed by atoms with Gasteiger partial charge in [0, 0.05) is 28.6 Å². The number of aromatic amines is 1. The van der Waals surface area contributed by atoms with E-state index in [0.717, 1.165) is 11.3 Å². The molecule has 1 unspecified atom stereocenters. The zero-order valence-electron chi connectivity index (χ0n) is 11.2. The first kappa shape index (κ1) is 13.2. The number of imidazole rings is 1. The lowest BCUT2D eigenvalue weighted by Gasteiger charge is -2.27. The Kier molecular flexibility index (Phi) is 3.47. The van der Waals surface area contributed by atoms with Crippen LogP contribution in [0.4, 0.5) is 0 Å². The second-order valence-electron chi connectivity index (χ2n) is 6.22. The topological polar surface area (TPSA) is 20.7 Å². The van der Waals surface area contributed by atoms with Gasteiger partial charge in [0.25, 0.3) is 0 Å². The van der Waals surface area contributed by atoms with Crippen LogP contribution < -0.4 is 0 Å². The quantitative estimate of drug-likeness (QED) is 0.816. The van der Waals surface area contributed by atoms with Gasteiger partial charge in [0.1, 0.15) is 0 Å². The number of aromatic nitrogens is 2. The van der Waals surface area contributed by atoms with Crippen LogP contribution >= 0.6 is 24.0 Å². The third-order valence-electron chi connectivity index (χ3n) is 3.43. The summed E-state index contributed by atoms with van der Waals surface area (Å²) in [6.45, 7) is 10.1. The van der Waals surface area contributed by atoms with E-state index in [2.05, 4.69) is 55.2 Å². The summed E-state index contributed by atoms with van der Waals surface area (Å²) in [6, 6.07) is 0. The van der Waals surface area contributed by atoms with Crippen LogP contribution in [0.2, 0.25) is 0 Å². The van der Waals surface area contributed by atoms with Crippen molar-refractivity contribution in [3.05, 3.63) is 16.7 Å². The molecule has 0 radical (unpaired) electrons. The number of nitrogens with zero attached hydrogens (tertiary/aromatic N) is 1. The second-order valence-corrected chi connectivity index (χ2v) is 8.29. The lowest BCUT2D eigenvalue weighted by atomic mass is 9.92. The minimum Gasteiger partial charge on any atom is -0.337 e. The minimum atomic E-state index is 0.146. The summed E-state index contributed by atoms with van der Waals surface area (Å²) in [5.41, 5.74) is 1.46. The van der Waals surface area contributed by atoms with Crippen LogP contribution in [0.5, 0.6) is 0 Å². The molecule has 1 N–H and O–H groups in total. The van der Waals surface area contributed by atoms with E-state index in [1.54, 1.807) is 0 Å². The van der Waals surface area contributed by atoms with E-state index in [9.17, 15) is 0 Å². The molecule has 96 valence electrons. The SMILES string of the molecule is CC1(Cn2c(C(C)(C)C)c[nH]c2=S)CCCS1. The van der Waals surface area contributed by atoms with Gasteiger partial charge in [0.05, 0.1) is 0 Å². The Balaban J connectivity index is 2.32. The number of hydrogen-bond acceptors (Lipinski definition) is 2. The Labute approximate surface area is 113 Å². The van der Waals surface area contributed by atoms with Gasteiger partial charge in [-0.3, -0.25) is 0 Å². The number of rotatable bonds is 2. The monoisotopic (exact) mass is 270 g/mol. The molecule has 1 aliphatic rings. The molecule has 1 aliphatic heterocycles. The molecule has 0 spiro atoms. The summed E-state index contributed by atoms with van der Waals surface area (Å²) in [6.07, 6.45) is 4.71. The predicted molar refractivity (Wildman–Crippen MR) is 78.4 cm³/mol. The standard InChI is InChI=1S/C13H22N2S2/c1-12(2,3)10-8-14-11(16)15(10)9-13(4)6-5-7-17-13/h8H,5-7,9H2,1-4H3,(H,14,16). The largest absolute Gasteiger partial charge is 0.337 e. The van der Waals surface area contributed by atoms with E-state index in [0.29, 0.717) is 4.75 Å². The summed E-state index contributed by atoms with van der Waals surface area (Å²) in [4.78, 5) is 3.20. The van der Waals surface area contributed by atoms with E-state index >= 15 is 0 Å². The molecule has 2 nitrogen and oxygen atoms in total. The zero-order valence-corrected chi connectivity index (χ0v) is 12.8. The van der Waals surface area contributed by atoms with Crippen molar-refractivity contribution >= 4 is 24.0 Å². The molecule has 1 fully saturated rings. The van der Waals surface area contributed by atoms with Crippen molar-refractivity contribution in [3.63, 3.8) is 0 Å². The molecule has 0 aromatic carbocycles. The van der Waals surface area contributed by atoms with Crippen LogP contribution in [0.1, 0.15) is 46.2 Å². The first-order chi connectivity index (χ1) is 7.82. The maximum atomic E-state index is 5.42. The molecule has 1 aromatic heterocycles. The van der Waals surface area contributed by atoms with E-state index in [-0.39, 0.29) is 5.41 Å². The lowest BCUT2D eigenvalue weighted by molar-refractivity contribution is 0.456. The molecule has 1 aromatic rings. The highest BCUT2D eigenvalue weighted by Gasteiger charge is 2.32. The van der Waals surface area contributed by atoms with Gasteiger partial charge in [-0.05, 0) is 37.7 Å². The smallest absolute Gasteiger partial charge is 0.177 e. The van der Waals surface area contributed by atoms with Gasteiger partial charge < -0.3 is 9.55 Å². The molecule has 1 saturated heterocycles. The Bertz CT molecular complexity index is 445. The van der Waals surface area contributed by atoms with Gasteiger partial charge in [-0.2, -0.15) is 11.8 Å². The first-order valence-electron chi connectivity index (χ1n) is 6.24. The minimum absolute atomic E-state index is 0.146. The first-order valence-corrected chi connectivity index (χ1v) is 7.64. The van der Waals surface area contributed by atoms with Gasteiger partial charge in [0.2, 0.25) is 0 Å². The number of H-pyrrole nitrogens is 1. The third-order valence-corrected chi connectivity index (χ3v) is 5.29. The van der Waals surface area contributed by atoms with Gasteiger partial charge in [0.15, 0.2) is 4.77 Å². The fourth-order valence-corrected chi connectivity index (χ4v) is 3.98. The Morgan fingerprint density at radius 2 is 2.24 bits per heavy atom. The zero-order chi connectivity index (χ0) is 12.7. The molecular formula is C13H22N2S2. The normalized spacial score (nSPS) is 25.4. The molecule has 0 saturated carbocycles. The highest BCUT2D eigenvalue weighted by atomic mass is 32.2. The molecule has 2 heterocycles. The molecule has 1 atom stereocenters. The van der Waals surface area contributed by atoms with E-state index in [4.69, 9.17) is 12.2 Å². The van der Waals surface area contributed by atoms with Crippen LogP contribution in [0.15, 0.2) is 6.20 Å². The molecule has 2 rings (SSSR count). The van der Waals surface area contributed by atoms with E-state index in [1.165, 1.54) is 24.3 Å². The number of hydrogen-bond donors (Lipinski definition) is 1. The fourth-order valence-electron chi connectivity index (χ4n) is 2.47. The molecule has 0 aliphatic carbocycles. The predicted octanol–water partition coefficient (Wildman–Crippen LogP) is 4.13. The molecule has 4 heteroatoms. The summed E-state index contributed by atoms with van der Waals surface area (Å²) >= 11 is 7.51. The maximum absolute atomic E-state index is 5.42. The van der Waals surface area contributed by atoms with Crippen LogP contribution in [-0.4, -0.2) is 20.1 Å². The maximum Gasteiger partial charge on any atom is 0.177 e. The molecule has 17 heavy (non-hydrogen) atoms. The van der Waals surface area contributed by atoms with Crippen molar-refractivity contribution in [1.29, 1.82) is 0 Å². The third kappa shape index (κ3) is 2.79. The summed E-state index contributed by atoms with van der Waals surface area (Å²) in [5, 5.41) is 0. The molecule has 0 bridgehead atoms. The molecular weight excluding hydrogens is 248 g/mol. The van der Waals surface area contributed by atoms with Gasteiger partial charge in [-0.15, -0.1) is 0 Å². The average Bonchev–Trinajstić information content (AvgIpc) is 2.75. The van der Waals surface area contributed by atoms with Crippen LogP contribution in [0, 0.1) is 4.77 Å². The van der Waals surface area contributed by atoms with Crippen molar-refractivity contribution in [3.8, 4) is 0 Å². The average molecular weight is 270 g/mol. The fraction of sp³-hybridized carbons (Fsp3) is 0.769. The Hall–Kier alpha value is -0.220. The van der Waals surface area contributed by atoms with Crippen molar-refractivity contribution in [2.45, 2.75) is 57.2 Å². The van der Waals surface area contributed by atoms with Crippen molar-refractivity contribution < 1.29 is 0 Å². The van der Waals surface area contributed by atoms with Crippen LogP contribution in [-0.2, 0) is 12.0 Å². The van der Waals surface area contributed by atoms with E-state index < -0.39 is 0 Å². The number of thioether (sulfide) groups is 1. The number of nitrogens with one attached hydrogen (secondary N) is 1. The second kappa shape index (κ2) is 4.47. The highest BCUT2D eigenvalue weighted by Crippen LogP contribution is 2.39. The molecule has 0 amide bonds. The van der Waals surface area contributed by atoms with Crippen LogP contribution in [0.25, 0.3) is 0 Å². The van der Waals surface area contributed by atoms with E-state index in [1.807, 2.05) is 0 Å². The van der Waals surface area contributed by atoms with Gasteiger partial charge >= 0.3 is 0 Å². The summed E-state index contributed by atoms with van der Waals surface area (Å²) in [5.74, 6) is 1.29. The van der Waals surface area contributed by atoms with Crippen molar-refractivity contribution in [2.24, 2.45) is 0 Å². The Morgan fingerprint density at radius 1 is 1.53 bits per heavy atom. The lowest BCUT2D eigenvalue weighted by Crippen LogP contribution is -2.28.